The molecular formula is C14H11BrClNO4. The predicted molar refractivity (Wildman–Crippen MR) is 83.0 cm³/mol. The predicted octanol–water partition coefficient (Wildman–Crippen LogP) is 4.86. The van der Waals surface area contributed by atoms with Crippen molar-refractivity contribution in [1.29, 1.82) is 0 Å². The lowest BCUT2D eigenvalue weighted by Crippen LogP contribution is -1.99. The van der Waals surface area contributed by atoms with E-state index in [9.17, 15) is 15.2 Å². The minimum atomic E-state index is -0.783. The SMILES string of the molecule is CC(O)c1ccc(Br)cc1Oc1c(Cl)cccc1[N+](=O)[O-]. The van der Waals surface area contributed by atoms with Gasteiger partial charge in [0.05, 0.1) is 16.0 Å². The van der Waals surface area contributed by atoms with Gasteiger partial charge in [0.25, 0.3) is 0 Å². The number of hydrogen-bond acceptors (Lipinski definition) is 4. The third-order valence-corrected chi connectivity index (χ3v) is 3.57. The number of para-hydroxylation sites is 1. The Morgan fingerprint density at radius 3 is 2.71 bits per heavy atom. The number of nitro benzene ring substituents is 1. The van der Waals surface area contributed by atoms with Crippen LogP contribution >= 0.6 is 27.5 Å². The molecule has 1 N–H and O–H groups in total. The maximum absolute atomic E-state index is 11.1. The van der Waals surface area contributed by atoms with Gasteiger partial charge in [-0.1, -0.05) is 39.7 Å². The summed E-state index contributed by atoms with van der Waals surface area (Å²) in [4.78, 5) is 10.5. The number of benzene rings is 2. The fourth-order valence-electron chi connectivity index (χ4n) is 1.79. The zero-order valence-electron chi connectivity index (χ0n) is 10.9. The van der Waals surface area contributed by atoms with Gasteiger partial charge < -0.3 is 9.84 Å². The number of halogens is 2. The number of nitrogens with zero attached hydrogens (tertiary/aromatic N) is 1. The van der Waals surface area contributed by atoms with E-state index in [1.54, 1.807) is 25.1 Å². The fraction of sp³-hybridized carbons (Fsp3) is 0.143. The van der Waals surface area contributed by atoms with Crippen LogP contribution in [0.3, 0.4) is 0 Å². The first-order valence-corrected chi connectivity index (χ1v) is 7.15. The molecule has 110 valence electrons. The second-order valence-electron chi connectivity index (χ2n) is 4.31. The molecule has 0 amide bonds. The van der Waals surface area contributed by atoms with Crippen LogP contribution in [0.5, 0.6) is 11.5 Å². The maximum Gasteiger partial charge on any atom is 0.313 e. The van der Waals surface area contributed by atoms with Gasteiger partial charge >= 0.3 is 5.69 Å². The van der Waals surface area contributed by atoms with E-state index in [0.717, 1.165) is 4.47 Å². The first-order chi connectivity index (χ1) is 9.90. The van der Waals surface area contributed by atoms with Crippen molar-refractivity contribution in [3.05, 3.63) is 61.6 Å². The van der Waals surface area contributed by atoms with Crippen LogP contribution in [0.15, 0.2) is 40.9 Å². The van der Waals surface area contributed by atoms with Gasteiger partial charge in [0.15, 0.2) is 0 Å². The lowest BCUT2D eigenvalue weighted by atomic mass is 10.1. The van der Waals surface area contributed by atoms with E-state index in [2.05, 4.69) is 15.9 Å². The highest BCUT2D eigenvalue weighted by Crippen LogP contribution is 2.40. The summed E-state index contributed by atoms with van der Waals surface area (Å²) in [6.07, 6.45) is -0.783. The van der Waals surface area contributed by atoms with Crippen molar-refractivity contribution >= 4 is 33.2 Å². The number of aliphatic hydroxyl groups excluding tert-OH is 1. The summed E-state index contributed by atoms with van der Waals surface area (Å²) in [6, 6.07) is 9.33. The van der Waals surface area contributed by atoms with Crippen LogP contribution in [0.2, 0.25) is 5.02 Å². The molecule has 1 atom stereocenters. The highest BCUT2D eigenvalue weighted by molar-refractivity contribution is 9.10. The lowest BCUT2D eigenvalue weighted by molar-refractivity contribution is -0.385. The second-order valence-corrected chi connectivity index (χ2v) is 5.63. The van der Waals surface area contributed by atoms with Gasteiger partial charge in [0.2, 0.25) is 5.75 Å². The largest absolute Gasteiger partial charge is 0.448 e. The molecule has 2 aromatic carbocycles. The molecule has 0 aliphatic rings. The normalized spacial score (nSPS) is 12.0. The van der Waals surface area contributed by atoms with E-state index < -0.39 is 11.0 Å². The molecule has 21 heavy (non-hydrogen) atoms. The van der Waals surface area contributed by atoms with Crippen molar-refractivity contribution in [3.8, 4) is 11.5 Å². The molecule has 1 unspecified atom stereocenters. The zero-order chi connectivity index (χ0) is 15.6. The van der Waals surface area contributed by atoms with Crippen LogP contribution < -0.4 is 4.74 Å². The number of nitro groups is 1. The van der Waals surface area contributed by atoms with Crippen molar-refractivity contribution in [2.45, 2.75) is 13.0 Å². The molecule has 7 heteroatoms. The second kappa shape index (κ2) is 6.43. The zero-order valence-corrected chi connectivity index (χ0v) is 13.3. The van der Waals surface area contributed by atoms with Gasteiger partial charge in [0.1, 0.15) is 5.75 Å². The van der Waals surface area contributed by atoms with Crippen LogP contribution in [-0.2, 0) is 0 Å². The molecule has 0 radical (unpaired) electrons. The lowest BCUT2D eigenvalue weighted by Gasteiger charge is -2.14. The molecule has 0 aliphatic heterocycles. The first-order valence-electron chi connectivity index (χ1n) is 5.98. The maximum atomic E-state index is 11.1. The molecule has 0 saturated heterocycles. The number of ether oxygens (including phenoxy) is 1. The third-order valence-electron chi connectivity index (χ3n) is 2.78. The molecule has 0 fully saturated rings. The van der Waals surface area contributed by atoms with Crippen molar-refractivity contribution in [2.75, 3.05) is 0 Å². The minimum absolute atomic E-state index is 0.0517. The van der Waals surface area contributed by atoms with Crippen LogP contribution in [0.25, 0.3) is 0 Å². The molecule has 0 spiro atoms. The Bertz CT molecular complexity index is 691. The molecular weight excluding hydrogens is 362 g/mol. The van der Waals surface area contributed by atoms with Crippen LogP contribution in [0, 0.1) is 10.1 Å². The first kappa shape index (κ1) is 15.8. The van der Waals surface area contributed by atoms with E-state index in [1.165, 1.54) is 18.2 Å². The Balaban J connectivity index is 2.53. The average molecular weight is 373 g/mol. The van der Waals surface area contributed by atoms with E-state index in [-0.39, 0.29) is 16.5 Å². The van der Waals surface area contributed by atoms with E-state index in [0.29, 0.717) is 11.3 Å². The van der Waals surface area contributed by atoms with E-state index in [4.69, 9.17) is 16.3 Å². The van der Waals surface area contributed by atoms with Crippen molar-refractivity contribution in [3.63, 3.8) is 0 Å². The summed E-state index contributed by atoms with van der Waals surface area (Å²) < 4.78 is 6.33. The monoisotopic (exact) mass is 371 g/mol. The minimum Gasteiger partial charge on any atom is -0.448 e. The molecule has 0 saturated carbocycles. The quantitative estimate of drug-likeness (QED) is 0.614. The van der Waals surface area contributed by atoms with Crippen LogP contribution in [0.1, 0.15) is 18.6 Å². The highest BCUT2D eigenvalue weighted by Gasteiger charge is 2.21. The number of rotatable bonds is 4. The van der Waals surface area contributed by atoms with Crippen LogP contribution in [0.4, 0.5) is 5.69 Å². The van der Waals surface area contributed by atoms with Crippen molar-refractivity contribution in [1.82, 2.24) is 0 Å². The number of aliphatic hydroxyl groups is 1. The highest BCUT2D eigenvalue weighted by atomic mass is 79.9. The van der Waals surface area contributed by atoms with Crippen molar-refractivity contribution in [2.24, 2.45) is 0 Å². The summed E-state index contributed by atoms with van der Waals surface area (Å²) in [6.45, 7) is 1.58. The Morgan fingerprint density at radius 2 is 2.10 bits per heavy atom. The third kappa shape index (κ3) is 3.53. The van der Waals surface area contributed by atoms with Crippen molar-refractivity contribution < 1.29 is 14.8 Å². The summed E-state index contributed by atoms with van der Waals surface area (Å²) in [5, 5.41) is 20.9. The van der Waals surface area contributed by atoms with E-state index >= 15 is 0 Å². The topological polar surface area (TPSA) is 72.6 Å². The van der Waals surface area contributed by atoms with Gasteiger partial charge in [-0.3, -0.25) is 10.1 Å². The molecule has 5 nitrogen and oxygen atoms in total. The Hall–Kier alpha value is -1.63. The summed E-state index contributed by atoms with van der Waals surface area (Å²) in [5.74, 6) is 0.250. The smallest absolute Gasteiger partial charge is 0.313 e. The Kier molecular flexibility index (Phi) is 4.82. The molecule has 0 aromatic heterocycles. The van der Waals surface area contributed by atoms with E-state index in [1.807, 2.05) is 0 Å². The molecule has 0 bridgehead atoms. The standard InChI is InChI=1S/C14H11BrClNO4/c1-8(18)10-6-5-9(15)7-13(10)21-14-11(16)3-2-4-12(14)17(19)20/h2-8,18H,1H3. The molecule has 0 aliphatic carbocycles. The van der Waals surface area contributed by atoms with Crippen LogP contribution in [-0.4, -0.2) is 10.0 Å². The van der Waals surface area contributed by atoms with Gasteiger partial charge in [-0.25, -0.2) is 0 Å². The summed E-state index contributed by atoms with van der Waals surface area (Å²) in [7, 11) is 0. The van der Waals surface area contributed by atoms with Gasteiger partial charge in [-0.05, 0) is 25.1 Å². The summed E-state index contributed by atoms with van der Waals surface area (Å²) >= 11 is 9.29. The van der Waals surface area contributed by atoms with Gasteiger partial charge in [0, 0.05) is 16.1 Å². The number of hydrogen-bond donors (Lipinski definition) is 1. The molecule has 0 heterocycles. The Morgan fingerprint density at radius 1 is 1.38 bits per heavy atom. The Labute approximate surface area is 134 Å². The fourth-order valence-corrected chi connectivity index (χ4v) is 2.34. The summed E-state index contributed by atoms with van der Waals surface area (Å²) in [5.41, 5.74) is 0.270. The van der Waals surface area contributed by atoms with Gasteiger partial charge in [-0.15, -0.1) is 0 Å². The molecule has 2 aromatic rings. The van der Waals surface area contributed by atoms with Gasteiger partial charge in [-0.2, -0.15) is 0 Å². The average Bonchev–Trinajstić information content (AvgIpc) is 2.40. The molecule has 2 rings (SSSR count).